The molecule has 1 fully saturated rings. The molecule has 0 aliphatic heterocycles. The fraction of sp³-hybridized carbons (Fsp3) is 0.500. The minimum Gasteiger partial charge on any atom is -0.378 e. The molecule has 1 aromatic rings. The molecule has 0 bridgehead atoms. The molecule has 86 valence electrons. The number of ketones is 1. The van der Waals surface area contributed by atoms with Crippen LogP contribution >= 0.6 is 0 Å². The summed E-state index contributed by atoms with van der Waals surface area (Å²) in [6.07, 6.45) is 4.50. The SMILES string of the molecule is COC1(CCc2ccc(C(C)=O)cc2)CC1. The van der Waals surface area contributed by atoms with E-state index in [-0.39, 0.29) is 11.4 Å². The van der Waals surface area contributed by atoms with E-state index in [4.69, 9.17) is 4.74 Å². The third-order valence-corrected chi connectivity index (χ3v) is 3.47. The predicted molar refractivity (Wildman–Crippen MR) is 63.7 cm³/mol. The minimum atomic E-state index is 0.127. The number of methoxy groups -OCH3 is 1. The highest BCUT2D eigenvalue weighted by Gasteiger charge is 2.42. The average molecular weight is 218 g/mol. The first-order valence-electron chi connectivity index (χ1n) is 5.80. The second-order valence-electron chi connectivity index (χ2n) is 4.64. The van der Waals surface area contributed by atoms with E-state index in [0.29, 0.717) is 0 Å². The van der Waals surface area contributed by atoms with Gasteiger partial charge in [0.1, 0.15) is 0 Å². The van der Waals surface area contributed by atoms with Crippen molar-refractivity contribution < 1.29 is 9.53 Å². The van der Waals surface area contributed by atoms with Crippen LogP contribution in [0.25, 0.3) is 0 Å². The molecular weight excluding hydrogens is 200 g/mol. The van der Waals surface area contributed by atoms with Gasteiger partial charge >= 0.3 is 0 Å². The van der Waals surface area contributed by atoms with Gasteiger partial charge in [0.2, 0.25) is 0 Å². The molecule has 2 heteroatoms. The summed E-state index contributed by atoms with van der Waals surface area (Å²) in [6.45, 7) is 1.60. The Morgan fingerprint density at radius 2 is 1.94 bits per heavy atom. The van der Waals surface area contributed by atoms with Crippen molar-refractivity contribution in [2.45, 2.75) is 38.2 Å². The van der Waals surface area contributed by atoms with Crippen LogP contribution in [0.4, 0.5) is 0 Å². The summed E-state index contributed by atoms with van der Waals surface area (Å²) in [6, 6.07) is 7.90. The average Bonchev–Trinajstić information content (AvgIpc) is 3.08. The number of ether oxygens (including phenoxy) is 1. The van der Waals surface area contributed by atoms with Gasteiger partial charge in [0.25, 0.3) is 0 Å². The normalized spacial score (nSPS) is 17.1. The van der Waals surface area contributed by atoms with Crippen molar-refractivity contribution in [3.05, 3.63) is 35.4 Å². The van der Waals surface area contributed by atoms with Crippen LogP contribution in [0.5, 0.6) is 0 Å². The molecule has 0 atom stereocenters. The van der Waals surface area contributed by atoms with Crippen LogP contribution in [0.2, 0.25) is 0 Å². The van der Waals surface area contributed by atoms with Crippen LogP contribution in [0, 0.1) is 0 Å². The fourth-order valence-corrected chi connectivity index (χ4v) is 1.97. The summed E-state index contributed by atoms with van der Waals surface area (Å²) in [4.78, 5) is 11.1. The second-order valence-corrected chi connectivity index (χ2v) is 4.64. The van der Waals surface area contributed by atoms with Crippen molar-refractivity contribution in [3.63, 3.8) is 0 Å². The number of hydrogen-bond donors (Lipinski definition) is 0. The van der Waals surface area contributed by atoms with Crippen molar-refractivity contribution in [3.8, 4) is 0 Å². The first-order chi connectivity index (χ1) is 7.65. The Balaban J connectivity index is 1.93. The molecule has 0 amide bonds. The summed E-state index contributed by atoms with van der Waals surface area (Å²) in [7, 11) is 1.80. The van der Waals surface area contributed by atoms with Gasteiger partial charge < -0.3 is 4.74 Å². The Hall–Kier alpha value is -1.15. The van der Waals surface area contributed by atoms with E-state index in [1.54, 1.807) is 14.0 Å². The lowest BCUT2D eigenvalue weighted by Crippen LogP contribution is -2.12. The fourth-order valence-electron chi connectivity index (χ4n) is 1.97. The maximum atomic E-state index is 11.1. The first kappa shape index (κ1) is 11.3. The first-order valence-corrected chi connectivity index (χ1v) is 5.80. The van der Waals surface area contributed by atoms with E-state index in [1.807, 2.05) is 24.3 Å². The lowest BCUT2D eigenvalue weighted by molar-refractivity contribution is 0.0731. The van der Waals surface area contributed by atoms with Gasteiger partial charge in [-0.15, -0.1) is 0 Å². The minimum absolute atomic E-state index is 0.127. The van der Waals surface area contributed by atoms with Crippen LogP contribution in [-0.2, 0) is 11.2 Å². The van der Waals surface area contributed by atoms with E-state index < -0.39 is 0 Å². The molecule has 2 nitrogen and oxygen atoms in total. The van der Waals surface area contributed by atoms with Crippen molar-refractivity contribution in [2.24, 2.45) is 0 Å². The summed E-state index contributed by atoms with van der Waals surface area (Å²) in [5.74, 6) is 0.127. The van der Waals surface area contributed by atoms with Gasteiger partial charge in [-0.05, 0) is 38.2 Å². The number of rotatable bonds is 5. The van der Waals surface area contributed by atoms with E-state index in [9.17, 15) is 4.79 Å². The lowest BCUT2D eigenvalue weighted by Gasteiger charge is -2.12. The standard InChI is InChI=1S/C14H18O2/c1-11(15)13-5-3-12(4-6-13)7-8-14(16-2)9-10-14/h3-6H,7-10H2,1-2H3. The molecule has 0 heterocycles. The van der Waals surface area contributed by atoms with Crippen LogP contribution in [0.15, 0.2) is 24.3 Å². The molecule has 0 aromatic heterocycles. The Morgan fingerprint density at radius 3 is 2.38 bits per heavy atom. The highest BCUT2D eigenvalue weighted by molar-refractivity contribution is 5.93. The van der Waals surface area contributed by atoms with Gasteiger partial charge in [-0.25, -0.2) is 0 Å². The van der Waals surface area contributed by atoms with Crippen LogP contribution < -0.4 is 0 Å². The van der Waals surface area contributed by atoms with E-state index in [1.165, 1.54) is 18.4 Å². The van der Waals surface area contributed by atoms with E-state index in [2.05, 4.69) is 0 Å². The Labute approximate surface area is 96.6 Å². The van der Waals surface area contributed by atoms with Crippen molar-refractivity contribution in [1.82, 2.24) is 0 Å². The summed E-state index contributed by atoms with van der Waals surface area (Å²) in [5.41, 5.74) is 2.24. The maximum absolute atomic E-state index is 11.1. The third kappa shape index (κ3) is 2.50. The molecule has 0 saturated heterocycles. The highest BCUT2D eigenvalue weighted by atomic mass is 16.5. The van der Waals surface area contributed by atoms with Gasteiger partial charge in [0.15, 0.2) is 5.78 Å². The number of aryl methyl sites for hydroxylation is 1. The van der Waals surface area contributed by atoms with Gasteiger partial charge in [-0.2, -0.15) is 0 Å². The van der Waals surface area contributed by atoms with Gasteiger partial charge in [-0.1, -0.05) is 24.3 Å². The van der Waals surface area contributed by atoms with Crippen molar-refractivity contribution in [1.29, 1.82) is 0 Å². The summed E-state index contributed by atoms with van der Waals surface area (Å²) in [5, 5.41) is 0. The zero-order chi connectivity index (χ0) is 11.6. The zero-order valence-corrected chi connectivity index (χ0v) is 9.95. The van der Waals surface area contributed by atoms with Crippen LogP contribution in [0.3, 0.4) is 0 Å². The monoisotopic (exact) mass is 218 g/mol. The number of carbonyl (C=O) groups is 1. The highest BCUT2D eigenvalue weighted by Crippen LogP contribution is 2.42. The Morgan fingerprint density at radius 1 is 1.31 bits per heavy atom. The Bertz CT molecular complexity index is 374. The maximum Gasteiger partial charge on any atom is 0.159 e. The van der Waals surface area contributed by atoms with Gasteiger partial charge in [-0.3, -0.25) is 4.79 Å². The third-order valence-electron chi connectivity index (χ3n) is 3.47. The second kappa shape index (κ2) is 4.38. The van der Waals surface area contributed by atoms with Crippen LogP contribution in [0.1, 0.15) is 42.1 Å². The van der Waals surface area contributed by atoms with Crippen molar-refractivity contribution in [2.75, 3.05) is 7.11 Å². The molecule has 0 unspecified atom stereocenters. The van der Waals surface area contributed by atoms with E-state index in [0.717, 1.165) is 18.4 Å². The smallest absolute Gasteiger partial charge is 0.159 e. The topological polar surface area (TPSA) is 26.3 Å². The zero-order valence-electron chi connectivity index (χ0n) is 9.95. The largest absolute Gasteiger partial charge is 0.378 e. The van der Waals surface area contributed by atoms with E-state index >= 15 is 0 Å². The van der Waals surface area contributed by atoms with Crippen molar-refractivity contribution >= 4 is 5.78 Å². The number of Topliss-reactive ketones (excluding diaryl/α,β-unsaturated/α-hetero) is 1. The molecule has 1 aliphatic carbocycles. The van der Waals surface area contributed by atoms with Crippen LogP contribution in [-0.4, -0.2) is 18.5 Å². The molecular formula is C14H18O2. The molecule has 0 spiro atoms. The molecule has 2 rings (SSSR count). The summed E-state index contributed by atoms with van der Waals surface area (Å²) >= 11 is 0. The number of benzene rings is 1. The quantitative estimate of drug-likeness (QED) is 0.710. The molecule has 1 aliphatic rings. The molecule has 16 heavy (non-hydrogen) atoms. The number of carbonyl (C=O) groups excluding carboxylic acids is 1. The molecule has 0 radical (unpaired) electrons. The molecule has 1 saturated carbocycles. The van der Waals surface area contributed by atoms with Gasteiger partial charge in [0, 0.05) is 12.7 Å². The summed E-state index contributed by atoms with van der Waals surface area (Å²) < 4.78 is 5.48. The lowest BCUT2D eigenvalue weighted by atomic mass is 10.0. The predicted octanol–water partition coefficient (Wildman–Crippen LogP) is 3.00. The number of hydrogen-bond acceptors (Lipinski definition) is 2. The Kier molecular flexibility index (Phi) is 3.10. The molecule has 0 N–H and O–H groups in total. The molecule has 1 aromatic carbocycles. The van der Waals surface area contributed by atoms with Gasteiger partial charge in [0.05, 0.1) is 5.60 Å².